The number of nitrogens with one attached hydrogen (secondary N) is 1. The number of aryl methyl sites for hydroxylation is 2. The lowest BCUT2D eigenvalue weighted by molar-refractivity contribution is 0.689. The van der Waals surface area contributed by atoms with Gasteiger partial charge in [-0.2, -0.15) is 5.10 Å². The number of hydrogen-bond acceptors (Lipinski definition) is 2. The van der Waals surface area contributed by atoms with E-state index in [9.17, 15) is 0 Å². The van der Waals surface area contributed by atoms with Crippen LogP contribution < -0.4 is 5.32 Å². The summed E-state index contributed by atoms with van der Waals surface area (Å²) in [6.45, 7) is 12.7. The Labute approximate surface area is 122 Å². The first-order valence-corrected chi connectivity index (χ1v) is 7.39. The van der Waals surface area contributed by atoms with Gasteiger partial charge < -0.3 is 5.32 Å². The van der Waals surface area contributed by atoms with E-state index < -0.39 is 0 Å². The molecule has 1 aromatic heterocycles. The average Bonchev–Trinajstić information content (AvgIpc) is 2.79. The SMILES string of the molecule is CCNCc1cnn(-c2cc(C)cc(C)c2)c1C(C)C. The number of benzene rings is 1. The highest BCUT2D eigenvalue weighted by atomic mass is 15.3. The van der Waals surface area contributed by atoms with Gasteiger partial charge in [-0.3, -0.25) is 0 Å². The predicted molar refractivity (Wildman–Crippen MR) is 84.5 cm³/mol. The first-order valence-electron chi connectivity index (χ1n) is 7.39. The van der Waals surface area contributed by atoms with Crippen LogP contribution in [0, 0.1) is 13.8 Å². The van der Waals surface area contributed by atoms with Crippen molar-refractivity contribution in [1.29, 1.82) is 0 Å². The summed E-state index contributed by atoms with van der Waals surface area (Å²) in [6.07, 6.45) is 2.00. The van der Waals surface area contributed by atoms with Gasteiger partial charge >= 0.3 is 0 Å². The van der Waals surface area contributed by atoms with E-state index in [1.54, 1.807) is 0 Å². The molecule has 0 saturated heterocycles. The molecule has 0 atom stereocenters. The van der Waals surface area contributed by atoms with Gasteiger partial charge in [-0.05, 0) is 49.6 Å². The molecular weight excluding hydrogens is 246 g/mol. The third-order valence-electron chi connectivity index (χ3n) is 3.45. The largest absolute Gasteiger partial charge is 0.313 e. The highest BCUT2D eigenvalue weighted by molar-refractivity contribution is 5.41. The molecule has 3 nitrogen and oxygen atoms in total. The van der Waals surface area contributed by atoms with Crippen molar-refractivity contribution in [3.05, 3.63) is 46.8 Å². The first-order chi connectivity index (χ1) is 9.52. The molecule has 2 rings (SSSR count). The number of aromatic nitrogens is 2. The van der Waals surface area contributed by atoms with Gasteiger partial charge in [0.15, 0.2) is 0 Å². The van der Waals surface area contributed by atoms with E-state index in [1.165, 1.54) is 22.4 Å². The monoisotopic (exact) mass is 271 g/mol. The van der Waals surface area contributed by atoms with Gasteiger partial charge in [0.1, 0.15) is 0 Å². The summed E-state index contributed by atoms with van der Waals surface area (Å²) in [5.74, 6) is 0.451. The summed E-state index contributed by atoms with van der Waals surface area (Å²) in [5.41, 5.74) is 6.31. The van der Waals surface area contributed by atoms with Crippen molar-refractivity contribution in [2.45, 2.75) is 47.1 Å². The maximum atomic E-state index is 4.62. The summed E-state index contributed by atoms with van der Waals surface area (Å²) < 4.78 is 2.09. The Morgan fingerprint density at radius 3 is 2.35 bits per heavy atom. The van der Waals surface area contributed by atoms with Gasteiger partial charge in [-0.25, -0.2) is 4.68 Å². The van der Waals surface area contributed by atoms with Crippen LogP contribution in [-0.2, 0) is 6.54 Å². The Bertz CT molecular complexity index is 562. The van der Waals surface area contributed by atoms with Gasteiger partial charge in [0.2, 0.25) is 0 Å². The Morgan fingerprint density at radius 2 is 1.80 bits per heavy atom. The number of nitrogens with zero attached hydrogens (tertiary/aromatic N) is 2. The van der Waals surface area contributed by atoms with Crippen LogP contribution in [0.25, 0.3) is 5.69 Å². The van der Waals surface area contributed by atoms with Crippen LogP contribution in [0.4, 0.5) is 0 Å². The molecular formula is C17H25N3. The molecule has 1 aromatic carbocycles. The molecule has 0 saturated carbocycles. The van der Waals surface area contributed by atoms with Crippen LogP contribution in [-0.4, -0.2) is 16.3 Å². The lowest BCUT2D eigenvalue weighted by Crippen LogP contribution is -2.14. The Morgan fingerprint density at radius 1 is 1.15 bits per heavy atom. The topological polar surface area (TPSA) is 29.9 Å². The van der Waals surface area contributed by atoms with Crippen molar-refractivity contribution in [3.63, 3.8) is 0 Å². The predicted octanol–water partition coefficient (Wildman–Crippen LogP) is 3.72. The molecule has 0 unspecified atom stereocenters. The molecule has 0 aliphatic heterocycles. The van der Waals surface area contributed by atoms with Crippen molar-refractivity contribution < 1.29 is 0 Å². The van der Waals surface area contributed by atoms with Gasteiger partial charge in [0.25, 0.3) is 0 Å². The lowest BCUT2D eigenvalue weighted by Gasteiger charge is -2.14. The van der Waals surface area contributed by atoms with Crippen molar-refractivity contribution in [2.24, 2.45) is 0 Å². The smallest absolute Gasteiger partial charge is 0.0654 e. The summed E-state index contributed by atoms with van der Waals surface area (Å²) in [7, 11) is 0. The molecule has 0 fully saturated rings. The second-order valence-corrected chi connectivity index (χ2v) is 5.75. The highest BCUT2D eigenvalue weighted by Gasteiger charge is 2.15. The zero-order valence-electron chi connectivity index (χ0n) is 13.2. The summed E-state index contributed by atoms with van der Waals surface area (Å²) in [4.78, 5) is 0. The highest BCUT2D eigenvalue weighted by Crippen LogP contribution is 2.24. The van der Waals surface area contributed by atoms with E-state index in [0.717, 1.165) is 18.8 Å². The molecule has 0 aliphatic carbocycles. The van der Waals surface area contributed by atoms with Gasteiger partial charge in [-0.15, -0.1) is 0 Å². The van der Waals surface area contributed by atoms with Gasteiger partial charge in [0, 0.05) is 12.1 Å². The van der Waals surface area contributed by atoms with Crippen LogP contribution in [0.3, 0.4) is 0 Å². The van der Waals surface area contributed by atoms with E-state index in [4.69, 9.17) is 0 Å². The molecule has 0 amide bonds. The minimum absolute atomic E-state index is 0.451. The number of rotatable bonds is 5. The first kappa shape index (κ1) is 14.8. The molecule has 1 heterocycles. The van der Waals surface area contributed by atoms with Gasteiger partial charge in [-0.1, -0.05) is 26.8 Å². The van der Waals surface area contributed by atoms with Crippen molar-refractivity contribution in [1.82, 2.24) is 15.1 Å². The third-order valence-corrected chi connectivity index (χ3v) is 3.45. The Kier molecular flexibility index (Phi) is 4.61. The summed E-state index contributed by atoms with van der Waals surface area (Å²) in [6, 6.07) is 6.59. The normalized spacial score (nSPS) is 11.3. The summed E-state index contributed by atoms with van der Waals surface area (Å²) in [5, 5.41) is 8.01. The maximum Gasteiger partial charge on any atom is 0.0654 e. The standard InChI is InChI=1S/C17H25N3/c1-6-18-10-15-11-19-20(17(15)12(2)3)16-8-13(4)7-14(5)9-16/h7-9,11-12,18H,6,10H2,1-5H3. The Balaban J connectivity index is 2.47. The van der Waals surface area contributed by atoms with E-state index >= 15 is 0 Å². The Hall–Kier alpha value is -1.61. The lowest BCUT2D eigenvalue weighted by atomic mass is 10.0. The molecule has 1 N–H and O–H groups in total. The fourth-order valence-corrected chi connectivity index (χ4v) is 2.68. The zero-order valence-corrected chi connectivity index (χ0v) is 13.2. The fraction of sp³-hybridized carbons (Fsp3) is 0.471. The minimum atomic E-state index is 0.451. The quantitative estimate of drug-likeness (QED) is 0.898. The van der Waals surface area contributed by atoms with Crippen molar-refractivity contribution >= 4 is 0 Å². The molecule has 108 valence electrons. The zero-order chi connectivity index (χ0) is 14.7. The maximum absolute atomic E-state index is 4.62. The molecule has 3 heteroatoms. The van der Waals surface area contributed by atoms with Gasteiger partial charge in [0.05, 0.1) is 17.6 Å². The van der Waals surface area contributed by atoms with Crippen LogP contribution in [0.1, 0.15) is 49.1 Å². The van der Waals surface area contributed by atoms with Crippen molar-refractivity contribution in [3.8, 4) is 5.69 Å². The second kappa shape index (κ2) is 6.23. The average molecular weight is 271 g/mol. The fourth-order valence-electron chi connectivity index (χ4n) is 2.68. The molecule has 0 radical (unpaired) electrons. The second-order valence-electron chi connectivity index (χ2n) is 5.75. The number of hydrogen-bond donors (Lipinski definition) is 1. The van der Waals surface area contributed by atoms with Crippen LogP contribution in [0.15, 0.2) is 24.4 Å². The molecule has 2 aromatic rings. The van der Waals surface area contributed by atoms with Crippen LogP contribution in [0.5, 0.6) is 0 Å². The van der Waals surface area contributed by atoms with Crippen LogP contribution in [0.2, 0.25) is 0 Å². The molecule has 0 spiro atoms. The molecule has 0 bridgehead atoms. The van der Waals surface area contributed by atoms with E-state index in [-0.39, 0.29) is 0 Å². The molecule has 0 aliphatic rings. The van der Waals surface area contributed by atoms with Crippen molar-refractivity contribution in [2.75, 3.05) is 6.54 Å². The molecule has 20 heavy (non-hydrogen) atoms. The minimum Gasteiger partial charge on any atom is -0.313 e. The van der Waals surface area contributed by atoms with Crippen LogP contribution >= 0.6 is 0 Å². The van der Waals surface area contributed by atoms with E-state index in [0.29, 0.717) is 5.92 Å². The third kappa shape index (κ3) is 3.10. The van der Waals surface area contributed by atoms with E-state index in [1.807, 2.05) is 6.20 Å². The van der Waals surface area contributed by atoms with E-state index in [2.05, 4.69) is 67.9 Å². The summed E-state index contributed by atoms with van der Waals surface area (Å²) >= 11 is 0.